The van der Waals surface area contributed by atoms with E-state index >= 15 is 0 Å². The Kier molecular flexibility index (Phi) is 6.03. The van der Waals surface area contributed by atoms with E-state index in [-0.39, 0.29) is 11.8 Å². The molecule has 0 bridgehead atoms. The van der Waals surface area contributed by atoms with E-state index in [1.54, 1.807) is 24.3 Å². The third-order valence-corrected chi connectivity index (χ3v) is 4.47. The van der Waals surface area contributed by atoms with Gasteiger partial charge in [0.05, 0.1) is 33.3 Å². The van der Waals surface area contributed by atoms with E-state index in [1.165, 1.54) is 21.3 Å². The second-order valence-electron chi connectivity index (χ2n) is 6.55. The van der Waals surface area contributed by atoms with Crippen molar-refractivity contribution in [3.8, 4) is 17.2 Å². The van der Waals surface area contributed by atoms with Gasteiger partial charge in [0.1, 0.15) is 0 Å². The Morgan fingerprint density at radius 3 is 2.18 bits per heavy atom. The summed E-state index contributed by atoms with van der Waals surface area (Å²) < 4.78 is 15.9. The molecule has 0 heterocycles. The predicted octanol–water partition coefficient (Wildman–Crippen LogP) is 2.79. The van der Waals surface area contributed by atoms with Gasteiger partial charge in [0.2, 0.25) is 11.7 Å². The van der Waals surface area contributed by atoms with Crippen molar-refractivity contribution in [2.75, 3.05) is 26.6 Å². The van der Waals surface area contributed by atoms with Crippen LogP contribution in [0.3, 0.4) is 0 Å². The van der Waals surface area contributed by atoms with E-state index in [0.29, 0.717) is 41.0 Å². The molecule has 2 aromatic rings. The van der Waals surface area contributed by atoms with Crippen LogP contribution in [0.25, 0.3) is 0 Å². The average molecular weight is 384 g/mol. The lowest BCUT2D eigenvalue weighted by Crippen LogP contribution is -2.26. The van der Waals surface area contributed by atoms with Gasteiger partial charge in [-0.15, -0.1) is 0 Å². The number of nitrogens with one attached hydrogen (secondary N) is 2. The van der Waals surface area contributed by atoms with Gasteiger partial charge in [-0.2, -0.15) is 0 Å². The van der Waals surface area contributed by atoms with Crippen LogP contribution in [0.5, 0.6) is 17.2 Å². The molecule has 7 heteroatoms. The van der Waals surface area contributed by atoms with Crippen LogP contribution in [0.2, 0.25) is 0 Å². The first kappa shape index (κ1) is 19.5. The number of hydrogen-bond acceptors (Lipinski definition) is 5. The maximum atomic E-state index is 12.7. The topological polar surface area (TPSA) is 85.9 Å². The Bertz CT molecular complexity index is 860. The van der Waals surface area contributed by atoms with Gasteiger partial charge in [0, 0.05) is 11.7 Å². The molecule has 2 N–H and O–H groups in total. The summed E-state index contributed by atoms with van der Waals surface area (Å²) in [5.41, 5.74) is 1.83. The molecule has 0 saturated heterocycles. The fraction of sp³-hybridized carbons (Fsp3) is 0.333. The summed E-state index contributed by atoms with van der Waals surface area (Å²) in [5, 5.41) is 5.79. The molecular weight excluding hydrogens is 360 g/mol. The van der Waals surface area contributed by atoms with E-state index in [0.717, 1.165) is 18.4 Å². The van der Waals surface area contributed by atoms with Crippen molar-refractivity contribution in [3.63, 3.8) is 0 Å². The molecule has 0 radical (unpaired) electrons. The van der Waals surface area contributed by atoms with Crippen molar-refractivity contribution in [3.05, 3.63) is 47.5 Å². The lowest BCUT2D eigenvalue weighted by atomic mass is 10.1. The molecule has 0 aliphatic heterocycles. The quantitative estimate of drug-likeness (QED) is 0.731. The van der Waals surface area contributed by atoms with Crippen molar-refractivity contribution in [1.29, 1.82) is 0 Å². The SMILES string of the molecule is COc1ccc(C(=O)Nc2ccc(CC(=O)NC3CC3)cc2)c(OC)c1OC. The second kappa shape index (κ2) is 8.65. The minimum atomic E-state index is -0.336. The van der Waals surface area contributed by atoms with Crippen molar-refractivity contribution in [2.24, 2.45) is 0 Å². The zero-order valence-electron chi connectivity index (χ0n) is 16.2. The van der Waals surface area contributed by atoms with Gasteiger partial charge in [-0.25, -0.2) is 0 Å². The van der Waals surface area contributed by atoms with Crippen LogP contribution in [-0.4, -0.2) is 39.2 Å². The number of benzene rings is 2. The number of hydrogen-bond donors (Lipinski definition) is 2. The van der Waals surface area contributed by atoms with Crippen LogP contribution in [0, 0.1) is 0 Å². The highest BCUT2D eigenvalue weighted by Crippen LogP contribution is 2.39. The first-order chi connectivity index (χ1) is 13.5. The van der Waals surface area contributed by atoms with Gasteiger partial charge in [0.25, 0.3) is 5.91 Å². The van der Waals surface area contributed by atoms with Gasteiger partial charge >= 0.3 is 0 Å². The zero-order valence-corrected chi connectivity index (χ0v) is 16.2. The minimum absolute atomic E-state index is 0.0225. The molecule has 1 aliphatic carbocycles. The highest BCUT2D eigenvalue weighted by atomic mass is 16.5. The molecule has 2 aromatic carbocycles. The summed E-state index contributed by atoms with van der Waals surface area (Å²) in [7, 11) is 4.47. The summed E-state index contributed by atoms with van der Waals surface area (Å²) in [6.07, 6.45) is 2.46. The number of ether oxygens (including phenoxy) is 3. The fourth-order valence-electron chi connectivity index (χ4n) is 2.88. The Labute approximate surface area is 164 Å². The monoisotopic (exact) mass is 384 g/mol. The van der Waals surface area contributed by atoms with Gasteiger partial charge in [-0.05, 0) is 42.7 Å². The lowest BCUT2D eigenvalue weighted by molar-refractivity contribution is -0.120. The van der Waals surface area contributed by atoms with E-state index < -0.39 is 0 Å². The Morgan fingerprint density at radius 2 is 1.61 bits per heavy atom. The standard InChI is InChI=1S/C21H24N2O5/c1-26-17-11-10-16(19(27-2)20(17)28-3)21(25)23-15-6-4-13(5-7-15)12-18(24)22-14-8-9-14/h4-7,10-11,14H,8-9,12H2,1-3H3,(H,22,24)(H,23,25). The summed E-state index contributed by atoms with van der Waals surface area (Å²) in [5.74, 6) is 0.818. The predicted molar refractivity (Wildman–Crippen MR) is 105 cm³/mol. The Morgan fingerprint density at radius 1 is 0.929 bits per heavy atom. The smallest absolute Gasteiger partial charge is 0.259 e. The third kappa shape index (κ3) is 4.54. The number of rotatable bonds is 8. The molecule has 7 nitrogen and oxygen atoms in total. The van der Waals surface area contributed by atoms with E-state index in [9.17, 15) is 9.59 Å². The number of carbonyl (C=O) groups is 2. The van der Waals surface area contributed by atoms with Gasteiger partial charge < -0.3 is 24.8 Å². The maximum Gasteiger partial charge on any atom is 0.259 e. The van der Waals surface area contributed by atoms with Crippen molar-refractivity contribution >= 4 is 17.5 Å². The summed E-state index contributed by atoms with van der Waals surface area (Å²) in [4.78, 5) is 24.6. The van der Waals surface area contributed by atoms with Crippen molar-refractivity contribution in [2.45, 2.75) is 25.3 Å². The first-order valence-electron chi connectivity index (χ1n) is 9.04. The largest absolute Gasteiger partial charge is 0.493 e. The molecular formula is C21H24N2O5. The number of anilines is 1. The van der Waals surface area contributed by atoms with Gasteiger partial charge in [-0.1, -0.05) is 12.1 Å². The van der Waals surface area contributed by atoms with Gasteiger partial charge in [-0.3, -0.25) is 9.59 Å². The van der Waals surface area contributed by atoms with Crippen LogP contribution >= 0.6 is 0 Å². The molecule has 0 unspecified atom stereocenters. The third-order valence-electron chi connectivity index (χ3n) is 4.47. The van der Waals surface area contributed by atoms with Crippen LogP contribution in [0.4, 0.5) is 5.69 Å². The molecule has 148 valence electrons. The maximum absolute atomic E-state index is 12.7. The molecule has 0 spiro atoms. The lowest BCUT2D eigenvalue weighted by Gasteiger charge is -2.15. The summed E-state index contributed by atoms with van der Waals surface area (Å²) in [6.45, 7) is 0. The molecule has 28 heavy (non-hydrogen) atoms. The van der Waals surface area contributed by atoms with E-state index in [4.69, 9.17) is 14.2 Å². The minimum Gasteiger partial charge on any atom is -0.493 e. The Balaban J connectivity index is 1.69. The molecule has 1 fully saturated rings. The number of methoxy groups -OCH3 is 3. The fourth-order valence-corrected chi connectivity index (χ4v) is 2.88. The van der Waals surface area contributed by atoms with Crippen LogP contribution in [-0.2, 0) is 11.2 Å². The van der Waals surface area contributed by atoms with Crippen LogP contribution in [0.1, 0.15) is 28.8 Å². The number of amides is 2. The average Bonchev–Trinajstić information content (AvgIpc) is 3.51. The van der Waals surface area contributed by atoms with Crippen LogP contribution < -0.4 is 24.8 Å². The van der Waals surface area contributed by atoms with Crippen molar-refractivity contribution < 1.29 is 23.8 Å². The highest BCUT2D eigenvalue weighted by Gasteiger charge is 2.23. The number of carbonyl (C=O) groups excluding carboxylic acids is 2. The van der Waals surface area contributed by atoms with Gasteiger partial charge in [0.15, 0.2) is 11.5 Å². The first-order valence-corrected chi connectivity index (χ1v) is 9.04. The molecule has 0 aromatic heterocycles. The van der Waals surface area contributed by atoms with Crippen molar-refractivity contribution in [1.82, 2.24) is 5.32 Å². The molecule has 1 aliphatic rings. The Hall–Kier alpha value is -3.22. The zero-order chi connectivity index (χ0) is 20.1. The van der Waals surface area contributed by atoms with Crippen LogP contribution in [0.15, 0.2) is 36.4 Å². The molecule has 0 atom stereocenters. The molecule has 3 rings (SSSR count). The normalized spacial score (nSPS) is 12.8. The molecule has 1 saturated carbocycles. The summed E-state index contributed by atoms with van der Waals surface area (Å²) >= 11 is 0. The van der Waals surface area contributed by atoms with E-state index in [1.807, 2.05) is 12.1 Å². The second-order valence-corrected chi connectivity index (χ2v) is 6.55. The van der Waals surface area contributed by atoms with E-state index in [2.05, 4.69) is 10.6 Å². The highest BCUT2D eigenvalue weighted by molar-refractivity contribution is 6.07. The molecule has 2 amide bonds. The summed E-state index contributed by atoms with van der Waals surface area (Å²) in [6, 6.07) is 10.8.